The molecule has 8 heteroatoms. The van der Waals surface area contributed by atoms with Gasteiger partial charge in [-0.1, -0.05) is 3.89 Å². The molecule has 0 aromatic heterocycles. The van der Waals surface area contributed by atoms with Crippen LogP contribution in [0.5, 0.6) is 17.2 Å². The molecule has 0 fully saturated rings. The molecule has 0 N–H and O–H groups in total. The Morgan fingerprint density at radius 1 is 1.12 bits per heavy atom. The summed E-state index contributed by atoms with van der Waals surface area (Å²) in [5.74, 6) is -0.171. The van der Waals surface area contributed by atoms with Crippen LogP contribution in [0.4, 0.5) is 3.89 Å². The highest BCUT2D eigenvalue weighted by Gasteiger charge is 2.17. The molecule has 1 aromatic carbocycles. The Bertz CT molecular complexity index is 525. The second-order valence-electron chi connectivity index (χ2n) is 2.84. The zero-order valence-corrected chi connectivity index (χ0v) is 9.78. The second-order valence-corrected chi connectivity index (χ2v) is 3.79. The summed E-state index contributed by atoms with van der Waals surface area (Å²) >= 11 is 0. The lowest BCUT2D eigenvalue weighted by molar-refractivity contribution is 0.112. The smallest absolute Gasteiger partial charge is 0.488 e. The van der Waals surface area contributed by atoms with E-state index in [0.717, 1.165) is 6.07 Å². The van der Waals surface area contributed by atoms with Gasteiger partial charge in [-0.3, -0.25) is 4.79 Å². The molecule has 0 aliphatic carbocycles. The van der Waals surface area contributed by atoms with Crippen molar-refractivity contribution in [2.75, 3.05) is 14.2 Å². The van der Waals surface area contributed by atoms with Gasteiger partial charge >= 0.3 is 10.5 Å². The van der Waals surface area contributed by atoms with Crippen molar-refractivity contribution in [2.45, 2.75) is 0 Å². The summed E-state index contributed by atoms with van der Waals surface area (Å²) in [4.78, 5) is 10.7. The first kappa shape index (κ1) is 13.2. The van der Waals surface area contributed by atoms with Gasteiger partial charge in [-0.25, -0.2) is 0 Å². The molecule has 0 aliphatic heterocycles. The van der Waals surface area contributed by atoms with E-state index in [1.807, 2.05) is 0 Å². The molecule has 94 valence electrons. The number of rotatable bonds is 5. The van der Waals surface area contributed by atoms with Gasteiger partial charge in [0.1, 0.15) is 0 Å². The van der Waals surface area contributed by atoms with Gasteiger partial charge in [0, 0.05) is 6.07 Å². The highest BCUT2D eigenvalue weighted by molar-refractivity contribution is 7.81. The largest absolute Gasteiger partial charge is 0.493 e. The molecular weight excluding hydrogens is 255 g/mol. The van der Waals surface area contributed by atoms with Gasteiger partial charge in [-0.2, -0.15) is 8.42 Å². The summed E-state index contributed by atoms with van der Waals surface area (Å²) in [6.45, 7) is 0. The Hall–Kier alpha value is -1.83. The molecular formula is C9H9FO6S. The Kier molecular flexibility index (Phi) is 3.89. The average molecular weight is 264 g/mol. The third kappa shape index (κ3) is 3.31. The van der Waals surface area contributed by atoms with Gasteiger partial charge in [0.15, 0.2) is 23.5 Å². The predicted octanol–water partition coefficient (Wildman–Crippen LogP) is 1.11. The molecule has 0 saturated carbocycles. The third-order valence-electron chi connectivity index (χ3n) is 1.83. The number of carbonyl (C=O) groups is 1. The Labute approximate surface area is 97.3 Å². The molecule has 1 rings (SSSR count). The number of hydrogen-bond donors (Lipinski definition) is 0. The fourth-order valence-corrected chi connectivity index (χ4v) is 1.51. The highest BCUT2D eigenvalue weighted by atomic mass is 32.3. The van der Waals surface area contributed by atoms with Crippen LogP contribution in [-0.4, -0.2) is 28.9 Å². The molecule has 0 saturated heterocycles. The summed E-state index contributed by atoms with van der Waals surface area (Å²) < 4.78 is 46.8. The predicted molar refractivity (Wildman–Crippen MR) is 55.6 cm³/mol. The molecule has 6 nitrogen and oxygen atoms in total. The summed E-state index contributed by atoms with van der Waals surface area (Å²) in [5.41, 5.74) is -0.177. The van der Waals surface area contributed by atoms with Gasteiger partial charge in [-0.05, 0) is 6.07 Å². The lowest BCUT2D eigenvalue weighted by Crippen LogP contribution is -2.04. The number of aldehydes is 1. The van der Waals surface area contributed by atoms with Crippen LogP contribution >= 0.6 is 0 Å². The number of ether oxygens (including phenoxy) is 2. The average Bonchev–Trinajstić information content (AvgIpc) is 2.26. The summed E-state index contributed by atoms with van der Waals surface area (Å²) in [6.07, 6.45) is 0.308. The van der Waals surface area contributed by atoms with Crippen molar-refractivity contribution in [1.82, 2.24) is 0 Å². The molecule has 0 heterocycles. The zero-order chi connectivity index (χ0) is 13.1. The van der Waals surface area contributed by atoms with Crippen LogP contribution in [0.1, 0.15) is 10.4 Å². The first-order chi connectivity index (χ1) is 7.91. The standard InChI is InChI=1S/C9H9FO6S/c1-14-8-3-6(5-11)7(4-9(8)15-2)16-17(10,12)13/h3-5H,1-2H3. The number of methoxy groups -OCH3 is 2. The maximum atomic E-state index is 12.4. The van der Waals surface area contributed by atoms with Crippen molar-refractivity contribution < 1.29 is 30.8 Å². The lowest BCUT2D eigenvalue weighted by atomic mass is 10.2. The van der Waals surface area contributed by atoms with Crippen LogP contribution in [-0.2, 0) is 10.5 Å². The molecule has 0 amide bonds. The van der Waals surface area contributed by atoms with Crippen molar-refractivity contribution >= 4 is 16.8 Å². The maximum absolute atomic E-state index is 12.4. The topological polar surface area (TPSA) is 78.9 Å². The molecule has 0 atom stereocenters. The van der Waals surface area contributed by atoms with E-state index in [1.165, 1.54) is 20.3 Å². The maximum Gasteiger partial charge on any atom is 0.488 e. The lowest BCUT2D eigenvalue weighted by Gasteiger charge is -2.10. The van der Waals surface area contributed by atoms with E-state index in [2.05, 4.69) is 4.18 Å². The summed E-state index contributed by atoms with van der Waals surface area (Å²) in [7, 11) is -2.58. The van der Waals surface area contributed by atoms with Gasteiger partial charge in [-0.15, -0.1) is 0 Å². The molecule has 0 unspecified atom stereocenters. The summed E-state index contributed by atoms with van der Waals surface area (Å²) in [5, 5.41) is 0. The molecule has 0 spiro atoms. The van der Waals surface area contributed by atoms with Crippen LogP contribution in [0, 0.1) is 0 Å². The van der Waals surface area contributed by atoms with E-state index in [1.54, 1.807) is 0 Å². The Balaban J connectivity index is 3.33. The van der Waals surface area contributed by atoms with E-state index >= 15 is 0 Å². The van der Waals surface area contributed by atoms with Crippen LogP contribution in [0.15, 0.2) is 12.1 Å². The van der Waals surface area contributed by atoms with Gasteiger partial charge in [0.25, 0.3) is 0 Å². The number of halogens is 1. The number of hydrogen-bond acceptors (Lipinski definition) is 6. The van der Waals surface area contributed by atoms with E-state index < -0.39 is 16.3 Å². The van der Waals surface area contributed by atoms with Crippen LogP contribution in [0.3, 0.4) is 0 Å². The second kappa shape index (κ2) is 5.00. The van der Waals surface area contributed by atoms with Gasteiger partial charge < -0.3 is 13.7 Å². The normalized spacial score (nSPS) is 10.8. The van der Waals surface area contributed by atoms with Crippen LogP contribution in [0.2, 0.25) is 0 Å². The van der Waals surface area contributed by atoms with Crippen LogP contribution < -0.4 is 13.7 Å². The van der Waals surface area contributed by atoms with E-state index in [9.17, 15) is 17.1 Å². The molecule has 1 aromatic rings. The van der Waals surface area contributed by atoms with Gasteiger partial charge in [0.2, 0.25) is 0 Å². The first-order valence-corrected chi connectivity index (χ1v) is 5.57. The zero-order valence-electron chi connectivity index (χ0n) is 8.97. The van der Waals surface area contributed by atoms with E-state index in [-0.39, 0.29) is 17.1 Å². The fourth-order valence-electron chi connectivity index (χ4n) is 1.15. The SMILES string of the molecule is COc1cc(C=O)c(OS(=O)(=O)F)cc1OC. The minimum absolute atomic E-state index is 0.108. The van der Waals surface area contributed by atoms with Crippen LogP contribution in [0.25, 0.3) is 0 Å². The van der Waals surface area contributed by atoms with Crippen molar-refractivity contribution in [2.24, 2.45) is 0 Å². The van der Waals surface area contributed by atoms with Gasteiger partial charge in [0.05, 0.1) is 19.8 Å². The Morgan fingerprint density at radius 3 is 2.06 bits per heavy atom. The quantitative estimate of drug-likeness (QED) is 0.585. The molecule has 0 radical (unpaired) electrons. The minimum atomic E-state index is -5.21. The van der Waals surface area contributed by atoms with Crippen molar-refractivity contribution in [3.05, 3.63) is 17.7 Å². The highest BCUT2D eigenvalue weighted by Crippen LogP contribution is 2.34. The minimum Gasteiger partial charge on any atom is -0.493 e. The van der Waals surface area contributed by atoms with E-state index in [0.29, 0.717) is 6.29 Å². The summed E-state index contributed by atoms with van der Waals surface area (Å²) in [6, 6.07) is 2.21. The van der Waals surface area contributed by atoms with Crippen molar-refractivity contribution in [3.63, 3.8) is 0 Å². The molecule has 0 bridgehead atoms. The number of carbonyl (C=O) groups excluding carboxylic acids is 1. The number of benzene rings is 1. The third-order valence-corrected chi connectivity index (χ3v) is 2.21. The first-order valence-electron chi connectivity index (χ1n) is 4.26. The van der Waals surface area contributed by atoms with E-state index in [4.69, 9.17) is 9.47 Å². The molecule has 17 heavy (non-hydrogen) atoms. The monoisotopic (exact) mass is 264 g/mol. The molecule has 0 aliphatic rings. The fraction of sp³-hybridized carbons (Fsp3) is 0.222. The van der Waals surface area contributed by atoms with Crippen molar-refractivity contribution in [3.8, 4) is 17.2 Å². The van der Waals surface area contributed by atoms with Crippen molar-refractivity contribution in [1.29, 1.82) is 0 Å². The Morgan fingerprint density at radius 2 is 1.65 bits per heavy atom.